The first-order valence-corrected chi connectivity index (χ1v) is 6.06. The maximum Gasteiger partial charge on any atom is 0.268 e. The van der Waals surface area contributed by atoms with Gasteiger partial charge in [-0.15, -0.1) is 0 Å². The Morgan fingerprint density at radius 3 is 2.74 bits per heavy atom. The zero-order chi connectivity index (χ0) is 14.2. The maximum absolute atomic E-state index is 12.3. The van der Waals surface area contributed by atoms with Crippen molar-refractivity contribution in [2.24, 2.45) is 11.7 Å². The fourth-order valence-electron chi connectivity index (χ4n) is 2.04. The van der Waals surface area contributed by atoms with Crippen molar-refractivity contribution in [3.05, 3.63) is 18.2 Å². The minimum Gasteiger partial charge on any atom is -0.478 e. The Bertz CT molecular complexity index is 528. The lowest BCUT2D eigenvalue weighted by Crippen LogP contribution is -2.51. The molecule has 0 aromatic heterocycles. The van der Waals surface area contributed by atoms with E-state index >= 15 is 0 Å². The predicted molar refractivity (Wildman–Crippen MR) is 71.7 cm³/mol. The molecule has 0 saturated carbocycles. The highest BCUT2D eigenvalue weighted by molar-refractivity contribution is 6.04. The fraction of sp³-hybridized carbons (Fsp3) is 0.385. The van der Waals surface area contributed by atoms with Crippen LogP contribution in [0.3, 0.4) is 0 Å². The molecule has 0 spiro atoms. The van der Waals surface area contributed by atoms with Crippen molar-refractivity contribution in [1.29, 1.82) is 0 Å². The number of primary amides is 1. The van der Waals surface area contributed by atoms with Gasteiger partial charge in [-0.2, -0.15) is 0 Å². The number of nitrogen functional groups attached to an aromatic ring is 1. The summed E-state index contributed by atoms with van der Waals surface area (Å²) in [5.74, 6) is -0.319. The number of nitrogens with two attached hydrogens (primary N) is 2. The molecule has 102 valence electrons. The van der Waals surface area contributed by atoms with Crippen LogP contribution < -0.4 is 21.1 Å². The fourth-order valence-corrected chi connectivity index (χ4v) is 2.04. The number of carbonyl (C=O) groups is 2. The van der Waals surface area contributed by atoms with Crippen LogP contribution in [0.5, 0.6) is 5.75 Å². The van der Waals surface area contributed by atoms with Crippen molar-refractivity contribution in [2.75, 3.05) is 17.2 Å². The van der Waals surface area contributed by atoms with Crippen LogP contribution in [0.2, 0.25) is 0 Å². The van der Waals surface area contributed by atoms with Crippen LogP contribution in [0.1, 0.15) is 13.8 Å². The van der Waals surface area contributed by atoms with Gasteiger partial charge >= 0.3 is 0 Å². The number of fused-ring (bicyclic) bond motifs is 1. The molecule has 0 aliphatic carbocycles. The molecule has 19 heavy (non-hydrogen) atoms. The van der Waals surface area contributed by atoms with E-state index in [-0.39, 0.29) is 18.4 Å². The Morgan fingerprint density at radius 1 is 1.47 bits per heavy atom. The molecule has 1 unspecified atom stereocenters. The largest absolute Gasteiger partial charge is 0.478 e. The van der Waals surface area contributed by atoms with Crippen LogP contribution in [0.25, 0.3) is 0 Å². The van der Waals surface area contributed by atoms with E-state index in [0.717, 1.165) is 0 Å². The van der Waals surface area contributed by atoms with Gasteiger partial charge in [0.05, 0.1) is 5.69 Å². The summed E-state index contributed by atoms with van der Waals surface area (Å²) in [5.41, 5.74) is 11.9. The van der Waals surface area contributed by atoms with Gasteiger partial charge in [-0.1, -0.05) is 13.8 Å². The highest BCUT2D eigenvalue weighted by atomic mass is 16.5. The van der Waals surface area contributed by atoms with Crippen LogP contribution in [-0.4, -0.2) is 24.5 Å². The molecule has 1 aliphatic rings. The third-order valence-electron chi connectivity index (χ3n) is 2.96. The Balaban J connectivity index is 2.47. The number of carbonyl (C=O) groups excluding carboxylic acids is 2. The van der Waals surface area contributed by atoms with Crippen molar-refractivity contribution in [3.8, 4) is 5.75 Å². The summed E-state index contributed by atoms with van der Waals surface area (Å²) in [6.45, 7) is 3.59. The van der Waals surface area contributed by atoms with E-state index < -0.39 is 12.0 Å². The number of benzene rings is 1. The van der Waals surface area contributed by atoms with Gasteiger partial charge in [0.1, 0.15) is 12.3 Å². The molecule has 1 atom stereocenters. The Morgan fingerprint density at radius 2 is 2.16 bits per heavy atom. The van der Waals surface area contributed by atoms with Gasteiger partial charge in [0.2, 0.25) is 5.91 Å². The summed E-state index contributed by atoms with van der Waals surface area (Å²) in [5, 5.41) is 0. The summed E-state index contributed by atoms with van der Waals surface area (Å²) in [6.07, 6.45) is -0.615. The molecule has 0 bridgehead atoms. The zero-order valence-corrected chi connectivity index (χ0v) is 10.9. The van der Waals surface area contributed by atoms with Gasteiger partial charge in [0.25, 0.3) is 5.91 Å². The summed E-state index contributed by atoms with van der Waals surface area (Å²) in [7, 11) is 0. The van der Waals surface area contributed by atoms with E-state index in [1.54, 1.807) is 18.2 Å². The van der Waals surface area contributed by atoms with Crippen LogP contribution in [-0.2, 0) is 9.59 Å². The summed E-state index contributed by atoms with van der Waals surface area (Å²) in [4.78, 5) is 24.8. The first-order valence-electron chi connectivity index (χ1n) is 6.06. The molecule has 6 nitrogen and oxygen atoms in total. The second-order valence-electron chi connectivity index (χ2n) is 4.90. The van der Waals surface area contributed by atoms with Gasteiger partial charge in [0.15, 0.2) is 6.10 Å². The monoisotopic (exact) mass is 263 g/mol. The Kier molecular flexibility index (Phi) is 3.33. The number of anilines is 2. The molecule has 4 N–H and O–H groups in total. The van der Waals surface area contributed by atoms with Gasteiger partial charge in [-0.25, -0.2) is 0 Å². The molecule has 0 radical (unpaired) electrons. The molecule has 2 rings (SSSR count). The number of ether oxygens (including phenoxy) is 1. The minimum absolute atomic E-state index is 0.00594. The number of nitrogens with zero attached hydrogens (tertiary/aromatic N) is 1. The predicted octanol–water partition coefficient (Wildman–Crippen LogP) is 0.504. The lowest BCUT2D eigenvalue weighted by molar-refractivity contribution is -0.129. The molecular formula is C13H17N3O3. The average Bonchev–Trinajstić information content (AvgIpc) is 2.32. The summed E-state index contributed by atoms with van der Waals surface area (Å²) in [6, 6.07) is 4.99. The minimum atomic E-state index is -0.615. The topological polar surface area (TPSA) is 98.7 Å². The first kappa shape index (κ1) is 13.2. The molecule has 0 fully saturated rings. The third-order valence-corrected chi connectivity index (χ3v) is 2.96. The van der Waals surface area contributed by atoms with E-state index in [0.29, 0.717) is 17.1 Å². The Labute approximate surface area is 111 Å². The molecule has 2 amide bonds. The van der Waals surface area contributed by atoms with E-state index in [4.69, 9.17) is 16.2 Å². The highest BCUT2D eigenvalue weighted by Gasteiger charge is 2.36. The Hall–Kier alpha value is -2.24. The van der Waals surface area contributed by atoms with Crippen molar-refractivity contribution in [3.63, 3.8) is 0 Å². The quantitative estimate of drug-likeness (QED) is 0.776. The first-order chi connectivity index (χ1) is 8.90. The van der Waals surface area contributed by atoms with E-state index in [2.05, 4.69) is 0 Å². The van der Waals surface area contributed by atoms with Crippen LogP contribution in [0, 0.1) is 5.92 Å². The van der Waals surface area contributed by atoms with E-state index in [1.807, 2.05) is 13.8 Å². The molecule has 1 heterocycles. The zero-order valence-electron chi connectivity index (χ0n) is 10.9. The van der Waals surface area contributed by atoms with E-state index in [9.17, 15) is 9.59 Å². The molecule has 6 heteroatoms. The van der Waals surface area contributed by atoms with Crippen molar-refractivity contribution in [2.45, 2.75) is 20.0 Å². The van der Waals surface area contributed by atoms with Crippen molar-refractivity contribution >= 4 is 23.2 Å². The third kappa shape index (κ3) is 2.47. The highest BCUT2D eigenvalue weighted by Crippen LogP contribution is 2.36. The average molecular weight is 263 g/mol. The number of amides is 2. The number of hydrogen-bond acceptors (Lipinski definition) is 4. The van der Waals surface area contributed by atoms with Gasteiger partial charge < -0.3 is 16.2 Å². The van der Waals surface area contributed by atoms with Gasteiger partial charge in [-0.3, -0.25) is 14.5 Å². The SMILES string of the molecule is CC(C)C1Oc2ccc(N)cc2N(CC(N)=O)C1=O. The van der Waals surface area contributed by atoms with Crippen LogP contribution in [0.15, 0.2) is 18.2 Å². The second-order valence-corrected chi connectivity index (χ2v) is 4.90. The van der Waals surface area contributed by atoms with Gasteiger partial charge in [-0.05, 0) is 24.1 Å². The molecule has 0 saturated heterocycles. The summed E-state index contributed by atoms with van der Waals surface area (Å²) >= 11 is 0. The van der Waals surface area contributed by atoms with Crippen LogP contribution >= 0.6 is 0 Å². The van der Waals surface area contributed by atoms with Crippen LogP contribution in [0.4, 0.5) is 11.4 Å². The lowest BCUT2D eigenvalue weighted by atomic mass is 10.0. The lowest BCUT2D eigenvalue weighted by Gasteiger charge is -2.35. The second kappa shape index (κ2) is 4.79. The number of hydrogen-bond donors (Lipinski definition) is 2. The van der Waals surface area contributed by atoms with Crippen molar-refractivity contribution in [1.82, 2.24) is 0 Å². The molecular weight excluding hydrogens is 246 g/mol. The smallest absolute Gasteiger partial charge is 0.268 e. The summed E-state index contributed by atoms with van der Waals surface area (Å²) < 4.78 is 5.67. The molecule has 1 aliphatic heterocycles. The molecule has 1 aromatic rings. The number of rotatable bonds is 3. The molecule has 1 aromatic carbocycles. The van der Waals surface area contributed by atoms with Crippen molar-refractivity contribution < 1.29 is 14.3 Å². The standard InChI is InChI=1S/C13H17N3O3/c1-7(2)12-13(18)16(6-11(15)17)9-5-8(14)3-4-10(9)19-12/h3-5,7,12H,6,14H2,1-2H3,(H2,15,17). The van der Waals surface area contributed by atoms with E-state index in [1.165, 1.54) is 4.90 Å². The normalized spacial score (nSPS) is 18.2. The van der Waals surface area contributed by atoms with Gasteiger partial charge in [0, 0.05) is 5.69 Å². The maximum atomic E-state index is 12.3.